The lowest BCUT2D eigenvalue weighted by atomic mass is 10.0. The van der Waals surface area contributed by atoms with Gasteiger partial charge in [0.25, 0.3) is 0 Å². The molecule has 0 saturated carbocycles. The molecule has 0 amide bonds. The molecule has 0 spiro atoms. The van der Waals surface area contributed by atoms with Crippen molar-refractivity contribution in [2.45, 2.75) is 27.7 Å². The molecule has 0 fully saturated rings. The van der Waals surface area contributed by atoms with Crippen LogP contribution in [0.1, 0.15) is 36.4 Å². The summed E-state index contributed by atoms with van der Waals surface area (Å²) in [6, 6.07) is 7.85. The minimum Gasteiger partial charge on any atom is -0.411 e. The van der Waals surface area contributed by atoms with Gasteiger partial charge in [-0.2, -0.15) is 0 Å². The Morgan fingerprint density at radius 2 is 1.17 bits per heavy atom. The van der Waals surface area contributed by atoms with Gasteiger partial charge in [-0.25, -0.2) is 0 Å². The van der Waals surface area contributed by atoms with Gasteiger partial charge in [0.2, 0.25) is 0 Å². The average molecular weight is 322 g/mol. The number of hydrogen-bond acceptors (Lipinski definition) is 6. The molecule has 3 aromatic rings. The number of nitrogens with zero attached hydrogens (tertiary/aromatic N) is 4. The van der Waals surface area contributed by atoms with Crippen molar-refractivity contribution in [2.24, 2.45) is 10.3 Å². The van der Waals surface area contributed by atoms with E-state index >= 15 is 0 Å². The fraction of sp³-hybridized carbons (Fsp3) is 0.222. The van der Waals surface area contributed by atoms with E-state index in [1.165, 1.54) is 0 Å². The average Bonchev–Trinajstić information content (AvgIpc) is 2.57. The van der Waals surface area contributed by atoms with Crippen LogP contribution in [0.3, 0.4) is 0 Å². The van der Waals surface area contributed by atoms with Crippen LogP contribution in [0.15, 0.2) is 34.6 Å². The number of aromatic nitrogens is 2. The molecule has 2 N–H and O–H groups in total. The highest BCUT2D eigenvalue weighted by Crippen LogP contribution is 2.25. The number of pyridine rings is 2. The lowest BCUT2D eigenvalue weighted by Gasteiger charge is -2.10. The van der Waals surface area contributed by atoms with Gasteiger partial charge in [0.15, 0.2) is 0 Å². The van der Waals surface area contributed by atoms with Gasteiger partial charge in [-0.15, -0.1) is 0 Å². The molecule has 3 rings (SSSR count). The van der Waals surface area contributed by atoms with Gasteiger partial charge in [0.05, 0.1) is 22.5 Å². The Labute approximate surface area is 139 Å². The summed E-state index contributed by atoms with van der Waals surface area (Å²) >= 11 is 0. The Morgan fingerprint density at radius 1 is 0.750 bits per heavy atom. The third-order valence-electron chi connectivity index (χ3n) is 4.21. The topological polar surface area (TPSA) is 91.0 Å². The van der Waals surface area contributed by atoms with Crippen LogP contribution in [0.4, 0.5) is 0 Å². The smallest absolute Gasteiger partial charge is 0.0855 e. The molecule has 0 radical (unpaired) electrons. The maximum Gasteiger partial charge on any atom is 0.0855 e. The first-order valence-corrected chi connectivity index (χ1v) is 7.55. The molecule has 0 aliphatic rings. The van der Waals surface area contributed by atoms with Crippen LogP contribution >= 0.6 is 0 Å². The van der Waals surface area contributed by atoms with E-state index < -0.39 is 0 Å². The number of fused-ring (bicyclic) bond motifs is 2. The summed E-state index contributed by atoms with van der Waals surface area (Å²) in [6.07, 6.45) is 0. The second-order valence-corrected chi connectivity index (χ2v) is 5.85. The number of hydrogen-bond donors (Lipinski definition) is 2. The fourth-order valence-electron chi connectivity index (χ4n) is 2.88. The van der Waals surface area contributed by atoms with Crippen LogP contribution in [-0.4, -0.2) is 31.8 Å². The second-order valence-electron chi connectivity index (χ2n) is 5.85. The molecule has 0 unspecified atom stereocenters. The highest BCUT2D eigenvalue weighted by Gasteiger charge is 2.11. The summed E-state index contributed by atoms with van der Waals surface area (Å²) in [5, 5.41) is 26.5. The zero-order valence-corrected chi connectivity index (χ0v) is 14.0. The van der Waals surface area contributed by atoms with Crippen LogP contribution in [0, 0.1) is 13.8 Å². The Hall–Kier alpha value is -3.02. The van der Waals surface area contributed by atoms with Crippen molar-refractivity contribution >= 4 is 33.2 Å². The van der Waals surface area contributed by atoms with Gasteiger partial charge < -0.3 is 10.4 Å². The summed E-state index contributed by atoms with van der Waals surface area (Å²) in [4.78, 5) is 9.20. The predicted octanol–water partition coefficient (Wildman–Crippen LogP) is 3.80. The summed E-state index contributed by atoms with van der Waals surface area (Å²) in [7, 11) is 0. The SMILES string of the molecule is CC(=NO)c1cc2cc3cc(/C(C)=N\O)c(C)nc3cc2nc1C. The van der Waals surface area contributed by atoms with E-state index in [4.69, 9.17) is 10.4 Å². The number of oxime groups is 2. The van der Waals surface area contributed by atoms with Gasteiger partial charge in [0.1, 0.15) is 0 Å². The molecule has 1 aromatic carbocycles. The first-order chi connectivity index (χ1) is 11.4. The van der Waals surface area contributed by atoms with Crippen LogP contribution in [0.25, 0.3) is 21.8 Å². The van der Waals surface area contributed by atoms with Crippen molar-refractivity contribution in [3.8, 4) is 0 Å². The van der Waals surface area contributed by atoms with Crippen molar-refractivity contribution in [2.75, 3.05) is 0 Å². The van der Waals surface area contributed by atoms with E-state index in [1.807, 2.05) is 38.1 Å². The summed E-state index contributed by atoms with van der Waals surface area (Å²) in [6.45, 7) is 7.25. The molecule has 0 saturated heterocycles. The van der Waals surface area contributed by atoms with Gasteiger partial charge in [-0.1, -0.05) is 10.3 Å². The molecular formula is C18H18N4O2. The highest BCUT2D eigenvalue weighted by molar-refractivity contribution is 6.06. The third kappa shape index (κ3) is 2.56. The maximum atomic E-state index is 9.02. The van der Waals surface area contributed by atoms with E-state index in [0.717, 1.165) is 44.3 Å². The van der Waals surface area contributed by atoms with E-state index in [-0.39, 0.29) is 0 Å². The molecule has 24 heavy (non-hydrogen) atoms. The lowest BCUT2D eigenvalue weighted by molar-refractivity contribution is 0.319. The molecule has 0 atom stereocenters. The minimum atomic E-state index is 0.521. The van der Waals surface area contributed by atoms with Crippen molar-refractivity contribution in [3.63, 3.8) is 0 Å². The molecule has 6 nitrogen and oxygen atoms in total. The molecule has 0 aliphatic heterocycles. The standard InChI is InChI=1S/C18H18N4O2/c1-9-15(11(3)21-23)6-13-5-14-7-16(12(4)22-24)10(2)20-18(14)8-17(13)19-9/h5-8,23-24H,1-4H3/b21-11-,22-12?. The van der Waals surface area contributed by atoms with Gasteiger partial charge in [-0.3, -0.25) is 9.97 Å². The van der Waals surface area contributed by atoms with Crippen molar-refractivity contribution in [1.29, 1.82) is 0 Å². The molecule has 0 bridgehead atoms. The van der Waals surface area contributed by atoms with Crippen LogP contribution in [0.5, 0.6) is 0 Å². The zero-order valence-electron chi connectivity index (χ0n) is 14.0. The van der Waals surface area contributed by atoms with E-state index in [1.54, 1.807) is 13.8 Å². The van der Waals surface area contributed by atoms with Gasteiger partial charge in [-0.05, 0) is 52.0 Å². The summed E-state index contributed by atoms with van der Waals surface area (Å²) in [5.74, 6) is 0. The van der Waals surface area contributed by atoms with Crippen molar-refractivity contribution in [3.05, 3.63) is 46.8 Å². The third-order valence-corrected chi connectivity index (χ3v) is 4.21. The monoisotopic (exact) mass is 322 g/mol. The number of rotatable bonds is 2. The van der Waals surface area contributed by atoms with E-state index in [0.29, 0.717) is 11.4 Å². The van der Waals surface area contributed by atoms with E-state index in [2.05, 4.69) is 20.3 Å². The molecule has 2 aromatic heterocycles. The molecule has 6 heteroatoms. The Bertz CT molecular complexity index is 944. The quantitative estimate of drug-likeness (QED) is 0.325. The summed E-state index contributed by atoms with van der Waals surface area (Å²) in [5.41, 5.74) is 5.92. The summed E-state index contributed by atoms with van der Waals surface area (Å²) < 4.78 is 0. The molecule has 122 valence electrons. The van der Waals surface area contributed by atoms with Crippen molar-refractivity contribution < 1.29 is 10.4 Å². The van der Waals surface area contributed by atoms with E-state index in [9.17, 15) is 0 Å². The lowest BCUT2D eigenvalue weighted by Crippen LogP contribution is -2.02. The number of aryl methyl sites for hydroxylation is 2. The molecule has 0 aliphatic carbocycles. The van der Waals surface area contributed by atoms with Crippen molar-refractivity contribution in [1.82, 2.24) is 9.97 Å². The Balaban J connectivity index is 2.32. The minimum absolute atomic E-state index is 0.521. The van der Waals surface area contributed by atoms with Crippen LogP contribution in [-0.2, 0) is 0 Å². The first-order valence-electron chi connectivity index (χ1n) is 7.55. The largest absolute Gasteiger partial charge is 0.411 e. The normalized spacial score (nSPS) is 13.0. The maximum absolute atomic E-state index is 9.02. The number of benzene rings is 1. The first kappa shape index (κ1) is 15.9. The van der Waals surface area contributed by atoms with Gasteiger partial charge >= 0.3 is 0 Å². The van der Waals surface area contributed by atoms with Crippen LogP contribution < -0.4 is 0 Å². The zero-order chi connectivity index (χ0) is 17.4. The fourth-order valence-corrected chi connectivity index (χ4v) is 2.88. The van der Waals surface area contributed by atoms with Gasteiger partial charge in [0, 0.05) is 33.3 Å². The Morgan fingerprint density at radius 3 is 1.54 bits per heavy atom. The predicted molar refractivity (Wildman–Crippen MR) is 94.5 cm³/mol. The highest BCUT2D eigenvalue weighted by atomic mass is 16.4. The molecular weight excluding hydrogens is 304 g/mol. The second kappa shape index (κ2) is 5.88. The van der Waals surface area contributed by atoms with Crippen LogP contribution in [0.2, 0.25) is 0 Å². The Kier molecular flexibility index (Phi) is 3.89. The molecule has 2 heterocycles.